The van der Waals surface area contributed by atoms with Crippen LogP contribution in [0, 0.1) is 5.82 Å². The third kappa shape index (κ3) is 2.05. The van der Waals surface area contributed by atoms with Gasteiger partial charge in [0.2, 0.25) is 0 Å². The number of epoxide rings is 1. The van der Waals surface area contributed by atoms with Crippen LogP contribution in [0.15, 0.2) is 24.3 Å². The van der Waals surface area contributed by atoms with Gasteiger partial charge in [-0.25, -0.2) is 9.18 Å². The molecule has 1 fully saturated rings. The summed E-state index contributed by atoms with van der Waals surface area (Å²) >= 11 is 0. The number of esters is 1. The molecule has 4 heteroatoms. The number of rotatable bonds is 4. The van der Waals surface area contributed by atoms with E-state index in [1.54, 1.807) is 19.1 Å². The van der Waals surface area contributed by atoms with E-state index in [4.69, 9.17) is 9.47 Å². The minimum absolute atomic E-state index is 0.298. The average Bonchev–Trinajstić information content (AvgIpc) is 3.06. The van der Waals surface area contributed by atoms with E-state index >= 15 is 0 Å². The fraction of sp³-hybridized carbons (Fsp3) is 0.462. The van der Waals surface area contributed by atoms with Gasteiger partial charge in [0.15, 0.2) is 6.10 Å². The van der Waals surface area contributed by atoms with Crippen molar-refractivity contribution >= 4 is 5.97 Å². The predicted molar refractivity (Wildman–Crippen MR) is 59.9 cm³/mol. The minimum atomic E-state index is -0.625. The van der Waals surface area contributed by atoms with Gasteiger partial charge in [-0.3, -0.25) is 0 Å². The third-order valence-corrected chi connectivity index (χ3v) is 3.05. The van der Waals surface area contributed by atoms with Crippen molar-refractivity contribution in [1.29, 1.82) is 0 Å². The highest BCUT2D eigenvalue weighted by atomic mass is 19.1. The molecule has 0 aromatic heterocycles. The molecule has 3 nitrogen and oxygen atoms in total. The van der Waals surface area contributed by atoms with Gasteiger partial charge in [-0.2, -0.15) is 0 Å². The molecule has 1 aliphatic heterocycles. The monoisotopic (exact) mass is 238 g/mol. The Morgan fingerprint density at radius 2 is 2.06 bits per heavy atom. The van der Waals surface area contributed by atoms with Crippen LogP contribution in [0.5, 0.6) is 0 Å². The number of ether oxygens (including phenoxy) is 2. The van der Waals surface area contributed by atoms with Gasteiger partial charge in [0.25, 0.3) is 0 Å². The lowest BCUT2D eigenvalue weighted by Gasteiger charge is -2.10. The van der Waals surface area contributed by atoms with Gasteiger partial charge in [0.05, 0.1) is 6.61 Å². The minimum Gasteiger partial charge on any atom is -0.464 e. The SMILES string of the molecule is CCOC(=O)C1OC1(CC)c1ccc(F)cc1. The molecule has 1 aromatic carbocycles. The normalized spacial score (nSPS) is 26.6. The Balaban J connectivity index is 2.18. The number of hydrogen-bond acceptors (Lipinski definition) is 3. The second-order valence-electron chi connectivity index (χ2n) is 4.00. The Morgan fingerprint density at radius 3 is 2.59 bits per heavy atom. The first-order chi connectivity index (χ1) is 8.14. The second kappa shape index (κ2) is 4.45. The molecule has 1 heterocycles. The van der Waals surface area contributed by atoms with Crippen molar-refractivity contribution in [3.63, 3.8) is 0 Å². The van der Waals surface area contributed by atoms with Crippen LogP contribution in [-0.4, -0.2) is 18.7 Å². The van der Waals surface area contributed by atoms with Crippen molar-refractivity contribution in [1.82, 2.24) is 0 Å². The summed E-state index contributed by atoms with van der Waals surface area (Å²) in [5.41, 5.74) is 0.194. The van der Waals surface area contributed by atoms with Crippen molar-refractivity contribution in [2.45, 2.75) is 32.0 Å². The van der Waals surface area contributed by atoms with Crippen LogP contribution in [0.25, 0.3) is 0 Å². The van der Waals surface area contributed by atoms with Gasteiger partial charge in [0, 0.05) is 0 Å². The Bertz CT molecular complexity index is 415. The molecule has 0 spiro atoms. The molecule has 0 aliphatic carbocycles. The summed E-state index contributed by atoms with van der Waals surface area (Å²) in [6.07, 6.45) is 0.0974. The van der Waals surface area contributed by atoms with Gasteiger partial charge < -0.3 is 9.47 Å². The van der Waals surface area contributed by atoms with E-state index in [9.17, 15) is 9.18 Å². The topological polar surface area (TPSA) is 38.8 Å². The van der Waals surface area contributed by atoms with Crippen LogP contribution in [0.1, 0.15) is 25.8 Å². The first kappa shape index (κ1) is 12.0. The third-order valence-electron chi connectivity index (χ3n) is 3.05. The Kier molecular flexibility index (Phi) is 3.15. The Hall–Kier alpha value is -1.42. The molecular formula is C13H15FO3. The second-order valence-corrected chi connectivity index (χ2v) is 4.00. The van der Waals surface area contributed by atoms with Crippen LogP contribution in [-0.2, 0) is 19.9 Å². The standard InChI is InChI=1S/C13H15FO3/c1-3-13(9-5-7-10(14)8-6-9)11(17-13)12(15)16-4-2/h5-8,11H,3-4H2,1-2H3. The predicted octanol–water partition coefficient (Wildman–Crippen LogP) is 2.39. The lowest BCUT2D eigenvalue weighted by atomic mass is 9.93. The first-order valence-corrected chi connectivity index (χ1v) is 5.74. The summed E-state index contributed by atoms with van der Waals surface area (Å²) in [6.45, 7) is 4.02. The fourth-order valence-electron chi connectivity index (χ4n) is 2.06. The largest absolute Gasteiger partial charge is 0.464 e. The van der Waals surface area contributed by atoms with E-state index < -0.39 is 11.7 Å². The van der Waals surface area contributed by atoms with Crippen molar-refractivity contribution in [3.05, 3.63) is 35.6 Å². The summed E-state index contributed by atoms with van der Waals surface area (Å²) in [7, 11) is 0. The summed E-state index contributed by atoms with van der Waals surface area (Å²) < 4.78 is 23.3. The van der Waals surface area contributed by atoms with Gasteiger partial charge in [0.1, 0.15) is 11.4 Å². The molecule has 92 valence electrons. The van der Waals surface area contributed by atoms with E-state index in [0.717, 1.165) is 5.56 Å². The van der Waals surface area contributed by atoms with E-state index in [2.05, 4.69) is 0 Å². The number of carbonyl (C=O) groups is 1. The molecule has 1 aliphatic rings. The highest BCUT2D eigenvalue weighted by Gasteiger charge is 2.61. The first-order valence-electron chi connectivity index (χ1n) is 5.74. The van der Waals surface area contributed by atoms with E-state index in [1.165, 1.54) is 12.1 Å². The fourth-order valence-corrected chi connectivity index (χ4v) is 2.06. The molecular weight excluding hydrogens is 223 g/mol. The zero-order valence-electron chi connectivity index (χ0n) is 9.90. The number of halogens is 1. The summed E-state index contributed by atoms with van der Waals surface area (Å²) in [5, 5.41) is 0. The molecule has 0 amide bonds. The van der Waals surface area contributed by atoms with E-state index in [0.29, 0.717) is 13.0 Å². The molecule has 0 bridgehead atoms. The summed E-state index contributed by atoms with van der Waals surface area (Å²) in [6, 6.07) is 6.05. The maximum absolute atomic E-state index is 12.8. The Labute approximate surface area is 99.5 Å². The molecule has 0 saturated carbocycles. The summed E-state index contributed by atoms with van der Waals surface area (Å²) in [4.78, 5) is 11.6. The molecule has 0 radical (unpaired) electrons. The van der Waals surface area contributed by atoms with Gasteiger partial charge >= 0.3 is 5.97 Å². The highest BCUT2D eigenvalue weighted by Crippen LogP contribution is 2.49. The Morgan fingerprint density at radius 1 is 1.41 bits per heavy atom. The smallest absolute Gasteiger partial charge is 0.338 e. The molecule has 1 saturated heterocycles. The van der Waals surface area contributed by atoms with Gasteiger partial charge in [-0.1, -0.05) is 19.1 Å². The number of benzene rings is 1. The number of carbonyl (C=O) groups excluding carboxylic acids is 1. The van der Waals surface area contributed by atoms with Crippen LogP contribution < -0.4 is 0 Å². The molecule has 17 heavy (non-hydrogen) atoms. The van der Waals surface area contributed by atoms with Crippen LogP contribution >= 0.6 is 0 Å². The van der Waals surface area contributed by atoms with E-state index in [1.807, 2.05) is 6.92 Å². The molecule has 2 atom stereocenters. The van der Waals surface area contributed by atoms with Crippen LogP contribution in [0.4, 0.5) is 4.39 Å². The highest BCUT2D eigenvalue weighted by molar-refractivity contribution is 5.80. The number of hydrogen-bond donors (Lipinski definition) is 0. The van der Waals surface area contributed by atoms with Crippen molar-refractivity contribution in [2.75, 3.05) is 6.61 Å². The van der Waals surface area contributed by atoms with Gasteiger partial charge in [-0.05, 0) is 31.0 Å². The zero-order chi connectivity index (χ0) is 12.5. The molecule has 0 N–H and O–H groups in total. The zero-order valence-corrected chi connectivity index (χ0v) is 9.90. The molecule has 1 aromatic rings. The quantitative estimate of drug-likeness (QED) is 0.597. The van der Waals surface area contributed by atoms with E-state index in [-0.39, 0.29) is 11.8 Å². The van der Waals surface area contributed by atoms with Crippen molar-refractivity contribution < 1.29 is 18.7 Å². The summed E-state index contributed by atoms with van der Waals surface area (Å²) in [5.74, 6) is -0.646. The maximum Gasteiger partial charge on any atom is 0.338 e. The average molecular weight is 238 g/mol. The lowest BCUT2D eigenvalue weighted by molar-refractivity contribution is -0.144. The molecule has 2 rings (SSSR count). The van der Waals surface area contributed by atoms with Crippen LogP contribution in [0.2, 0.25) is 0 Å². The van der Waals surface area contributed by atoms with Crippen molar-refractivity contribution in [3.8, 4) is 0 Å². The maximum atomic E-state index is 12.8. The molecule has 2 unspecified atom stereocenters. The lowest BCUT2D eigenvalue weighted by Crippen LogP contribution is -2.20. The van der Waals surface area contributed by atoms with Gasteiger partial charge in [-0.15, -0.1) is 0 Å². The van der Waals surface area contributed by atoms with Crippen LogP contribution in [0.3, 0.4) is 0 Å². The van der Waals surface area contributed by atoms with Crippen molar-refractivity contribution in [2.24, 2.45) is 0 Å².